The van der Waals surface area contributed by atoms with Gasteiger partial charge in [0.1, 0.15) is 6.10 Å². The second-order valence-corrected chi connectivity index (χ2v) is 19.5. The topological polar surface area (TPSA) is 111 Å². The third kappa shape index (κ3) is 11.8. The first-order valence-electron chi connectivity index (χ1n) is 22.6. The second kappa shape index (κ2) is 20.6. The van der Waals surface area contributed by atoms with Crippen LogP contribution in [0.25, 0.3) is 0 Å². The second-order valence-electron chi connectivity index (χ2n) is 19.5. The van der Waals surface area contributed by atoms with E-state index in [1.807, 2.05) is 18.7 Å². The van der Waals surface area contributed by atoms with E-state index in [-0.39, 0.29) is 35.5 Å². The minimum atomic E-state index is -0.140. The Morgan fingerprint density at radius 1 is 0.868 bits per heavy atom. The normalized spacial score (nSPS) is 31.8. The van der Waals surface area contributed by atoms with Crippen LogP contribution >= 0.6 is 0 Å². The summed E-state index contributed by atoms with van der Waals surface area (Å²) in [6, 6.07) is 0.274. The Kier molecular flexibility index (Phi) is 17.2. The molecule has 0 aromatic carbocycles. The molecular weight excluding hydrogens is 657 g/mol. The van der Waals surface area contributed by atoms with Gasteiger partial charge in [-0.05, 0) is 163 Å². The lowest BCUT2D eigenvalue weighted by Crippen LogP contribution is -2.51. The minimum absolute atomic E-state index is 0.0263. The van der Waals surface area contributed by atoms with Gasteiger partial charge in [-0.2, -0.15) is 0 Å². The number of fused-ring (bicyclic) bond motifs is 5. The summed E-state index contributed by atoms with van der Waals surface area (Å²) in [5, 5.41) is 3.45. The molecule has 3 saturated carbocycles. The number of esters is 1. The van der Waals surface area contributed by atoms with Gasteiger partial charge in [-0.1, -0.05) is 66.0 Å². The maximum Gasteiger partial charge on any atom is 0.306 e. The molecule has 0 bridgehead atoms. The molecule has 306 valence electrons. The van der Waals surface area contributed by atoms with E-state index in [2.05, 4.69) is 52.9 Å². The van der Waals surface area contributed by atoms with Gasteiger partial charge >= 0.3 is 5.97 Å². The highest BCUT2D eigenvalue weighted by Crippen LogP contribution is 2.67. The predicted octanol–water partition coefficient (Wildman–Crippen LogP) is 9.42. The highest BCUT2D eigenvalue weighted by molar-refractivity contribution is 5.77. The zero-order chi connectivity index (χ0) is 38.8. The lowest BCUT2D eigenvalue weighted by Gasteiger charge is -2.58. The molecule has 4 rings (SSSR count). The van der Waals surface area contributed by atoms with E-state index in [0.717, 1.165) is 106 Å². The fourth-order valence-electron chi connectivity index (χ4n) is 11.9. The Hall–Kier alpha value is -1.44. The Labute approximate surface area is 326 Å². The standard InChI is InChI=1S/C46H84N4O3/c1-9-36(32(2)3)16-15-33(4)40-19-20-41-39-18-17-37-31-38(21-25-45(37,7)42(39)22-26-46(40,41)8)53-44(52)14-12-13-43(51)50(30-24-35(6)48)29-11-10-27-49-28-23-34(5)47/h17,32-36,38-42,49H,9-16,18-31,47-48H2,1-8H3/t33-,34?,35?,36-,38+,39?,40?,41?,42?,45+,46-/m1/s1. The summed E-state index contributed by atoms with van der Waals surface area (Å²) < 4.78 is 6.12. The van der Waals surface area contributed by atoms with Gasteiger partial charge in [0.05, 0.1) is 0 Å². The number of nitrogens with one attached hydrogen (secondary N) is 1. The van der Waals surface area contributed by atoms with Gasteiger partial charge < -0.3 is 26.4 Å². The molecule has 0 radical (unpaired) electrons. The molecule has 4 aliphatic rings. The van der Waals surface area contributed by atoms with Crippen LogP contribution in [0, 0.1) is 52.3 Å². The number of carbonyl (C=O) groups is 2. The van der Waals surface area contributed by atoms with Crippen LogP contribution in [0.3, 0.4) is 0 Å². The number of unbranched alkanes of at least 4 members (excludes halogenated alkanes) is 1. The molecule has 53 heavy (non-hydrogen) atoms. The number of carbonyl (C=O) groups excluding carboxylic acids is 2. The Morgan fingerprint density at radius 2 is 1.62 bits per heavy atom. The molecule has 0 aliphatic heterocycles. The average Bonchev–Trinajstić information content (AvgIpc) is 3.46. The molecule has 6 unspecified atom stereocenters. The lowest BCUT2D eigenvalue weighted by molar-refractivity contribution is -0.151. The Bertz CT molecular complexity index is 1170. The molecule has 7 heteroatoms. The van der Waals surface area contributed by atoms with Crippen LogP contribution in [0.4, 0.5) is 0 Å². The third-order valence-corrected chi connectivity index (χ3v) is 15.4. The van der Waals surface area contributed by atoms with Crippen LogP contribution in [0.1, 0.15) is 171 Å². The van der Waals surface area contributed by atoms with Crippen LogP contribution in [0.5, 0.6) is 0 Å². The van der Waals surface area contributed by atoms with Gasteiger partial charge in [-0.15, -0.1) is 0 Å². The fourth-order valence-corrected chi connectivity index (χ4v) is 11.9. The van der Waals surface area contributed by atoms with Crippen LogP contribution in [0.2, 0.25) is 0 Å². The van der Waals surface area contributed by atoms with E-state index >= 15 is 0 Å². The fraction of sp³-hybridized carbons (Fsp3) is 0.913. The average molecular weight is 741 g/mol. The highest BCUT2D eigenvalue weighted by atomic mass is 16.5. The lowest BCUT2D eigenvalue weighted by atomic mass is 9.47. The molecule has 3 fully saturated rings. The minimum Gasteiger partial charge on any atom is -0.462 e. The zero-order valence-corrected chi connectivity index (χ0v) is 35.7. The Balaban J connectivity index is 1.23. The van der Waals surface area contributed by atoms with Crippen molar-refractivity contribution in [3.05, 3.63) is 11.6 Å². The monoisotopic (exact) mass is 741 g/mol. The molecule has 11 atom stereocenters. The number of ether oxygens (including phenoxy) is 1. The van der Waals surface area contributed by atoms with Crippen molar-refractivity contribution >= 4 is 11.9 Å². The summed E-state index contributed by atoms with van der Waals surface area (Å²) in [5.41, 5.74) is 14.2. The Morgan fingerprint density at radius 3 is 2.32 bits per heavy atom. The van der Waals surface area contributed by atoms with Gasteiger partial charge in [0.15, 0.2) is 0 Å². The molecule has 1 amide bonds. The molecule has 4 aliphatic carbocycles. The highest BCUT2D eigenvalue weighted by Gasteiger charge is 2.59. The van der Waals surface area contributed by atoms with E-state index in [0.29, 0.717) is 31.2 Å². The molecule has 0 saturated heterocycles. The summed E-state index contributed by atoms with van der Waals surface area (Å²) in [6.07, 6.45) is 21.5. The van der Waals surface area contributed by atoms with Crippen molar-refractivity contribution in [1.29, 1.82) is 0 Å². The quantitative estimate of drug-likeness (QED) is 0.0580. The largest absolute Gasteiger partial charge is 0.462 e. The maximum atomic E-state index is 13.2. The summed E-state index contributed by atoms with van der Waals surface area (Å²) >= 11 is 0. The first-order valence-corrected chi connectivity index (χ1v) is 22.6. The van der Waals surface area contributed by atoms with Crippen LogP contribution in [-0.4, -0.2) is 61.1 Å². The van der Waals surface area contributed by atoms with Gasteiger partial charge in [0.25, 0.3) is 0 Å². The maximum absolute atomic E-state index is 13.2. The number of nitrogens with two attached hydrogens (primary N) is 2. The number of allylic oxidation sites excluding steroid dienone is 1. The molecule has 0 aromatic heterocycles. The molecule has 0 spiro atoms. The van der Waals surface area contributed by atoms with Crippen molar-refractivity contribution < 1.29 is 14.3 Å². The van der Waals surface area contributed by atoms with Crippen LogP contribution in [0.15, 0.2) is 11.6 Å². The zero-order valence-electron chi connectivity index (χ0n) is 35.7. The van der Waals surface area contributed by atoms with Crippen molar-refractivity contribution in [2.75, 3.05) is 26.2 Å². The summed E-state index contributed by atoms with van der Waals surface area (Å²) in [4.78, 5) is 28.2. The number of hydrogen-bond donors (Lipinski definition) is 3. The van der Waals surface area contributed by atoms with E-state index < -0.39 is 0 Å². The van der Waals surface area contributed by atoms with Crippen molar-refractivity contribution in [1.82, 2.24) is 10.2 Å². The van der Waals surface area contributed by atoms with Gasteiger partial charge in [-0.25, -0.2) is 0 Å². The number of amides is 1. The molecule has 0 heterocycles. The van der Waals surface area contributed by atoms with E-state index in [1.165, 1.54) is 51.4 Å². The van der Waals surface area contributed by atoms with E-state index in [1.54, 1.807) is 5.57 Å². The first-order chi connectivity index (χ1) is 25.2. The summed E-state index contributed by atoms with van der Waals surface area (Å²) in [7, 11) is 0. The molecular formula is C46H84N4O3. The predicted molar refractivity (Wildman–Crippen MR) is 221 cm³/mol. The van der Waals surface area contributed by atoms with Crippen molar-refractivity contribution in [2.24, 2.45) is 63.7 Å². The number of nitrogens with zero attached hydrogens (tertiary/aromatic N) is 1. The van der Waals surface area contributed by atoms with Gasteiger partial charge in [0.2, 0.25) is 5.91 Å². The number of hydrogen-bond acceptors (Lipinski definition) is 6. The van der Waals surface area contributed by atoms with Crippen molar-refractivity contribution in [3.63, 3.8) is 0 Å². The summed E-state index contributed by atoms with van der Waals surface area (Å²) in [6.45, 7) is 22.3. The SMILES string of the molecule is CC[C@H](CC[C@@H](C)C1CCC2C3CC=C4C[C@@H](OC(=O)CCCC(=O)N(CCCCNCCC(C)N)CCC(C)N)CC[C@]4(C)C3CC[C@@]21C)C(C)C. The van der Waals surface area contributed by atoms with Crippen LogP contribution in [-0.2, 0) is 14.3 Å². The van der Waals surface area contributed by atoms with E-state index in [9.17, 15) is 9.59 Å². The van der Waals surface area contributed by atoms with Crippen molar-refractivity contribution in [3.8, 4) is 0 Å². The van der Waals surface area contributed by atoms with E-state index in [4.69, 9.17) is 16.2 Å². The van der Waals surface area contributed by atoms with Gasteiger partial charge in [0, 0.05) is 44.4 Å². The molecule has 0 aromatic rings. The smallest absolute Gasteiger partial charge is 0.306 e. The number of rotatable bonds is 22. The molecule has 5 N–H and O–H groups in total. The first kappa shape index (κ1) is 44.3. The van der Waals surface area contributed by atoms with Crippen molar-refractivity contribution in [2.45, 2.75) is 189 Å². The summed E-state index contributed by atoms with van der Waals surface area (Å²) in [5.74, 6) is 5.79. The van der Waals surface area contributed by atoms with Gasteiger partial charge in [-0.3, -0.25) is 9.59 Å². The molecule has 7 nitrogen and oxygen atoms in total. The third-order valence-electron chi connectivity index (χ3n) is 15.4. The van der Waals surface area contributed by atoms with Crippen LogP contribution < -0.4 is 16.8 Å².